The van der Waals surface area contributed by atoms with E-state index in [4.69, 9.17) is 4.74 Å². The summed E-state index contributed by atoms with van der Waals surface area (Å²) in [5.74, 6) is 0.338. The normalized spacial score (nSPS) is 12.1. The van der Waals surface area contributed by atoms with E-state index in [2.05, 4.69) is 25.6 Å². The largest absolute Gasteiger partial charge is 0.492 e. The Morgan fingerprint density at radius 3 is 2.18 bits per heavy atom. The molecule has 0 aliphatic rings. The van der Waals surface area contributed by atoms with Crippen molar-refractivity contribution in [3.63, 3.8) is 0 Å². The molecule has 3 N–H and O–H groups in total. The SMILES string of the molecule is CCC(Cc1ccc(OCCNc2nc(Nc3ccc(C(F)(F)F)cc3)nc(N(CC)CC)n2)cc1)C(=O)O. The van der Waals surface area contributed by atoms with E-state index in [0.717, 1.165) is 17.7 Å². The van der Waals surface area contributed by atoms with E-state index in [0.29, 0.717) is 62.4 Å². The van der Waals surface area contributed by atoms with Crippen LogP contribution in [0.2, 0.25) is 0 Å². The monoisotopic (exact) mass is 546 g/mol. The minimum Gasteiger partial charge on any atom is -0.492 e. The van der Waals surface area contributed by atoms with Gasteiger partial charge >= 0.3 is 12.1 Å². The van der Waals surface area contributed by atoms with Gasteiger partial charge in [-0.25, -0.2) is 0 Å². The number of benzene rings is 2. The van der Waals surface area contributed by atoms with Gasteiger partial charge in [0.2, 0.25) is 17.8 Å². The highest BCUT2D eigenvalue weighted by molar-refractivity contribution is 5.70. The summed E-state index contributed by atoms with van der Waals surface area (Å²) >= 11 is 0. The maximum atomic E-state index is 12.9. The number of ether oxygens (including phenoxy) is 1. The first-order valence-electron chi connectivity index (χ1n) is 12.8. The van der Waals surface area contributed by atoms with E-state index in [9.17, 15) is 23.1 Å². The molecule has 3 aromatic rings. The van der Waals surface area contributed by atoms with Crippen LogP contribution in [0.4, 0.5) is 36.7 Å². The molecule has 0 aliphatic carbocycles. The van der Waals surface area contributed by atoms with Crippen LogP contribution in [0.1, 0.15) is 38.3 Å². The van der Waals surface area contributed by atoms with E-state index < -0.39 is 23.6 Å². The van der Waals surface area contributed by atoms with Crippen LogP contribution in [0.25, 0.3) is 0 Å². The lowest BCUT2D eigenvalue weighted by Crippen LogP contribution is -2.25. The first kappa shape index (κ1) is 29.5. The van der Waals surface area contributed by atoms with Crippen molar-refractivity contribution in [2.24, 2.45) is 5.92 Å². The molecule has 0 amide bonds. The Bertz CT molecular complexity index is 1200. The topological polar surface area (TPSA) is 113 Å². The number of hydrogen-bond donors (Lipinski definition) is 3. The van der Waals surface area contributed by atoms with Gasteiger partial charge in [0.1, 0.15) is 12.4 Å². The zero-order valence-electron chi connectivity index (χ0n) is 22.1. The maximum absolute atomic E-state index is 12.9. The number of nitrogens with one attached hydrogen (secondary N) is 2. The van der Waals surface area contributed by atoms with Crippen molar-refractivity contribution in [3.05, 3.63) is 59.7 Å². The van der Waals surface area contributed by atoms with Gasteiger partial charge in [0.05, 0.1) is 18.0 Å². The number of alkyl halides is 3. The van der Waals surface area contributed by atoms with E-state index in [-0.39, 0.29) is 5.95 Å². The second-order valence-electron chi connectivity index (χ2n) is 8.72. The third kappa shape index (κ3) is 8.72. The first-order valence-corrected chi connectivity index (χ1v) is 12.8. The van der Waals surface area contributed by atoms with Gasteiger partial charge in [0.25, 0.3) is 0 Å². The third-order valence-corrected chi connectivity index (χ3v) is 6.04. The predicted molar refractivity (Wildman–Crippen MR) is 144 cm³/mol. The number of nitrogens with zero attached hydrogens (tertiary/aromatic N) is 4. The molecule has 39 heavy (non-hydrogen) atoms. The lowest BCUT2D eigenvalue weighted by molar-refractivity contribution is -0.141. The number of anilines is 4. The minimum atomic E-state index is -4.42. The average molecular weight is 547 g/mol. The van der Waals surface area contributed by atoms with Crippen LogP contribution in [0.3, 0.4) is 0 Å². The molecule has 0 bridgehead atoms. The van der Waals surface area contributed by atoms with Crippen LogP contribution in [-0.4, -0.2) is 52.3 Å². The summed E-state index contributed by atoms with van der Waals surface area (Å²) in [4.78, 5) is 26.4. The number of hydrogen-bond acceptors (Lipinski definition) is 8. The molecule has 210 valence electrons. The zero-order valence-corrected chi connectivity index (χ0v) is 22.1. The van der Waals surface area contributed by atoms with E-state index in [1.807, 2.05) is 37.8 Å². The van der Waals surface area contributed by atoms with E-state index >= 15 is 0 Å². The molecule has 1 unspecified atom stereocenters. The van der Waals surface area contributed by atoms with Crippen molar-refractivity contribution in [1.82, 2.24) is 15.0 Å². The molecule has 1 atom stereocenters. The van der Waals surface area contributed by atoms with Gasteiger partial charge in [-0.05, 0) is 68.7 Å². The number of aliphatic carboxylic acids is 1. The Morgan fingerprint density at radius 2 is 1.62 bits per heavy atom. The molecule has 0 saturated carbocycles. The lowest BCUT2D eigenvalue weighted by atomic mass is 9.97. The maximum Gasteiger partial charge on any atom is 0.416 e. The molecule has 0 spiro atoms. The van der Waals surface area contributed by atoms with Gasteiger partial charge in [-0.15, -0.1) is 0 Å². The fourth-order valence-corrected chi connectivity index (χ4v) is 3.76. The van der Waals surface area contributed by atoms with Gasteiger partial charge < -0.3 is 25.4 Å². The predicted octanol–water partition coefficient (Wildman–Crippen LogP) is 5.62. The second-order valence-corrected chi connectivity index (χ2v) is 8.72. The van der Waals surface area contributed by atoms with Crippen molar-refractivity contribution in [2.75, 3.05) is 41.8 Å². The van der Waals surface area contributed by atoms with Crippen LogP contribution >= 0.6 is 0 Å². The molecule has 1 heterocycles. The molecule has 3 rings (SSSR count). The molecule has 0 fully saturated rings. The Morgan fingerprint density at radius 1 is 0.974 bits per heavy atom. The molecule has 2 aromatic carbocycles. The number of aromatic nitrogens is 3. The number of carboxylic acid groups (broad SMARTS) is 1. The van der Waals surface area contributed by atoms with E-state index in [1.165, 1.54) is 12.1 Å². The summed E-state index contributed by atoms with van der Waals surface area (Å²) < 4.78 is 44.4. The smallest absolute Gasteiger partial charge is 0.416 e. The van der Waals surface area contributed by atoms with Gasteiger partial charge in [0.15, 0.2) is 0 Å². The Hall–Kier alpha value is -4.09. The number of rotatable bonds is 14. The molecule has 0 saturated heterocycles. The molecule has 0 aliphatic heterocycles. The summed E-state index contributed by atoms with van der Waals surface area (Å²) in [7, 11) is 0. The summed E-state index contributed by atoms with van der Waals surface area (Å²) in [6.07, 6.45) is -3.39. The van der Waals surface area contributed by atoms with Crippen LogP contribution < -0.4 is 20.3 Å². The van der Waals surface area contributed by atoms with Crippen LogP contribution in [0.5, 0.6) is 5.75 Å². The van der Waals surface area contributed by atoms with Crippen LogP contribution in [0, 0.1) is 5.92 Å². The number of carboxylic acids is 1. The fraction of sp³-hybridized carbons (Fsp3) is 0.407. The highest BCUT2D eigenvalue weighted by Gasteiger charge is 2.30. The van der Waals surface area contributed by atoms with Gasteiger partial charge in [-0.2, -0.15) is 28.1 Å². The van der Waals surface area contributed by atoms with Gasteiger partial charge in [0, 0.05) is 18.8 Å². The summed E-state index contributed by atoms with van der Waals surface area (Å²) in [5, 5.41) is 15.3. The molecule has 0 radical (unpaired) electrons. The summed E-state index contributed by atoms with van der Waals surface area (Å²) in [5.41, 5.74) is 0.595. The van der Waals surface area contributed by atoms with Crippen molar-refractivity contribution in [3.8, 4) is 5.75 Å². The first-order chi connectivity index (χ1) is 18.6. The standard InChI is InChI=1S/C27H33F3N6O3/c1-4-19(23(37)38)17-18-7-13-22(14-8-18)39-16-15-31-24-33-25(35-26(34-24)36(5-2)6-3)32-21-11-9-20(10-12-21)27(28,29)30/h7-14,19H,4-6,15-17H2,1-3H3,(H,37,38)(H2,31,32,33,34,35). The molecule has 12 heteroatoms. The minimum absolute atomic E-state index is 0.192. The average Bonchev–Trinajstić information content (AvgIpc) is 2.91. The van der Waals surface area contributed by atoms with Crippen molar-refractivity contribution < 1.29 is 27.8 Å². The molecular formula is C27H33F3N6O3. The van der Waals surface area contributed by atoms with Crippen molar-refractivity contribution in [1.29, 1.82) is 0 Å². The highest BCUT2D eigenvalue weighted by atomic mass is 19.4. The Balaban J connectivity index is 1.63. The van der Waals surface area contributed by atoms with Gasteiger partial charge in [-0.3, -0.25) is 4.79 Å². The Labute approximate surface area is 225 Å². The second kappa shape index (κ2) is 13.6. The number of carbonyl (C=O) groups is 1. The van der Waals surface area contributed by atoms with Crippen molar-refractivity contribution in [2.45, 2.75) is 39.8 Å². The lowest BCUT2D eigenvalue weighted by Gasteiger charge is -2.20. The Kier molecular flexibility index (Phi) is 10.3. The van der Waals surface area contributed by atoms with Crippen LogP contribution in [0.15, 0.2) is 48.5 Å². The quantitative estimate of drug-likeness (QED) is 0.222. The fourth-order valence-electron chi connectivity index (χ4n) is 3.76. The van der Waals surface area contributed by atoms with Crippen molar-refractivity contribution >= 4 is 29.5 Å². The number of halogens is 3. The summed E-state index contributed by atoms with van der Waals surface area (Å²) in [6.45, 7) is 7.78. The molecule has 1 aromatic heterocycles. The van der Waals surface area contributed by atoms with E-state index in [1.54, 1.807) is 12.1 Å². The third-order valence-electron chi connectivity index (χ3n) is 6.04. The van der Waals surface area contributed by atoms with Crippen LogP contribution in [-0.2, 0) is 17.4 Å². The highest BCUT2D eigenvalue weighted by Crippen LogP contribution is 2.30. The molecular weight excluding hydrogens is 513 g/mol. The zero-order chi connectivity index (χ0) is 28.4. The van der Waals surface area contributed by atoms with Gasteiger partial charge in [-0.1, -0.05) is 19.1 Å². The molecule has 9 nitrogen and oxygen atoms in total. The summed E-state index contributed by atoms with van der Waals surface area (Å²) in [6, 6.07) is 11.9.